The van der Waals surface area contributed by atoms with Crippen molar-refractivity contribution >= 4 is 17.5 Å². The molecule has 1 aromatic heterocycles. The van der Waals surface area contributed by atoms with Crippen LogP contribution in [0.1, 0.15) is 18.5 Å². The van der Waals surface area contributed by atoms with E-state index in [1.165, 1.54) is 17.0 Å². The number of aromatic nitrogens is 1. The first-order valence-electron chi connectivity index (χ1n) is 6.73. The van der Waals surface area contributed by atoms with Crippen molar-refractivity contribution in [2.45, 2.75) is 13.0 Å². The van der Waals surface area contributed by atoms with E-state index < -0.39 is 4.92 Å². The number of nitro groups is 1. The number of fused-ring (bicyclic) bond motifs is 1. The van der Waals surface area contributed by atoms with Crippen LogP contribution in [0, 0.1) is 10.1 Å². The van der Waals surface area contributed by atoms with Crippen molar-refractivity contribution < 1.29 is 14.5 Å². The summed E-state index contributed by atoms with van der Waals surface area (Å²) in [6.07, 6.45) is 0. The molecule has 0 N–H and O–H groups in total. The van der Waals surface area contributed by atoms with E-state index in [0.717, 1.165) is 5.56 Å². The topological polar surface area (TPSA) is 85.6 Å². The third-order valence-corrected chi connectivity index (χ3v) is 3.53. The Labute approximate surface area is 126 Å². The standard InChI is InChI=1S/C15H13N3O4/c1-10(11-5-3-2-4-6-11)17-14(19)9-22-12-7-8-13(18(20)21)16-15(12)17/h2-8,10H,9H2,1H3. The second-order valence-electron chi connectivity index (χ2n) is 4.89. The number of carbonyl (C=O) groups excluding carboxylic acids is 1. The zero-order valence-corrected chi connectivity index (χ0v) is 11.8. The van der Waals surface area contributed by atoms with Gasteiger partial charge in [-0.3, -0.25) is 9.69 Å². The molecule has 0 bridgehead atoms. The van der Waals surface area contributed by atoms with Gasteiger partial charge in [0, 0.05) is 6.07 Å². The van der Waals surface area contributed by atoms with E-state index in [1.54, 1.807) is 0 Å². The van der Waals surface area contributed by atoms with Gasteiger partial charge in [-0.1, -0.05) is 30.3 Å². The van der Waals surface area contributed by atoms with Gasteiger partial charge in [0.1, 0.15) is 0 Å². The van der Waals surface area contributed by atoms with E-state index in [1.807, 2.05) is 37.3 Å². The second kappa shape index (κ2) is 5.44. The van der Waals surface area contributed by atoms with Gasteiger partial charge in [0.15, 0.2) is 12.4 Å². The number of nitrogens with zero attached hydrogens (tertiary/aromatic N) is 3. The summed E-state index contributed by atoms with van der Waals surface area (Å²) in [4.78, 5) is 28.0. The van der Waals surface area contributed by atoms with Gasteiger partial charge >= 0.3 is 5.82 Å². The molecule has 3 rings (SSSR count). The number of rotatable bonds is 3. The fourth-order valence-electron chi connectivity index (χ4n) is 2.42. The number of hydrogen-bond acceptors (Lipinski definition) is 5. The second-order valence-corrected chi connectivity index (χ2v) is 4.89. The highest BCUT2D eigenvalue weighted by Gasteiger charge is 2.35. The summed E-state index contributed by atoms with van der Waals surface area (Å²) >= 11 is 0. The van der Waals surface area contributed by atoms with E-state index >= 15 is 0 Å². The van der Waals surface area contributed by atoms with Gasteiger partial charge in [-0.05, 0) is 28.5 Å². The van der Waals surface area contributed by atoms with Crippen molar-refractivity contribution in [2.75, 3.05) is 11.5 Å². The van der Waals surface area contributed by atoms with Crippen LogP contribution in [0.3, 0.4) is 0 Å². The van der Waals surface area contributed by atoms with Gasteiger partial charge in [-0.15, -0.1) is 0 Å². The highest BCUT2D eigenvalue weighted by molar-refractivity contribution is 5.97. The van der Waals surface area contributed by atoms with Gasteiger partial charge in [0.25, 0.3) is 11.7 Å². The molecule has 0 saturated heterocycles. The molecule has 0 aliphatic carbocycles. The Morgan fingerprint density at radius 1 is 1.27 bits per heavy atom. The molecule has 7 heteroatoms. The molecule has 1 aliphatic rings. The van der Waals surface area contributed by atoms with E-state index in [2.05, 4.69) is 4.98 Å². The Kier molecular flexibility index (Phi) is 3.46. The van der Waals surface area contributed by atoms with Crippen LogP contribution in [0.25, 0.3) is 0 Å². The quantitative estimate of drug-likeness (QED) is 0.642. The lowest BCUT2D eigenvalue weighted by molar-refractivity contribution is -0.389. The van der Waals surface area contributed by atoms with Crippen LogP contribution in [0.2, 0.25) is 0 Å². The van der Waals surface area contributed by atoms with Crippen molar-refractivity contribution in [3.8, 4) is 5.75 Å². The van der Waals surface area contributed by atoms with E-state index in [0.29, 0.717) is 5.75 Å². The molecule has 1 unspecified atom stereocenters. The molecule has 0 fully saturated rings. The summed E-state index contributed by atoms with van der Waals surface area (Å²) in [5.41, 5.74) is 0.914. The van der Waals surface area contributed by atoms with Gasteiger partial charge in [0.05, 0.1) is 6.04 Å². The molecule has 2 aromatic rings. The minimum absolute atomic E-state index is 0.107. The fraction of sp³-hybridized carbons (Fsp3) is 0.200. The maximum Gasteiger partial charge on any atom is 0.366 e. The maximum absolute atomic E-state index is 12.2. The smallest absolute Gasteiger partial charge is 0.366 e. The summed E-state index contributed by atoms with van der Waals surface area (Å²) in [6, 6.07) is 11.9. The van der Waals surface area contributed by atoms with E-state index in [-0.39, 0.29) is 30.2 Å². The Morgan fingerprint density at radius 2 is 2.00 bits per heavy atom. The highest BCUT2D eigenvalue weighted by atomic mass is 16.6. The number of pyridine rings is 1. The normalized spacial score (nSPS) is 15.0. The van der Waals surface area contributed by atoms with Crippen LogP contribution in [-0.2, 0) is 4.79 Å². The van der Waals surface area contributed by atoms with Gasteiger partial charge in [-0.25, -0.2) is 0 Å². The van der Waals surface area contributed by atoms with E-state index in [9.17, 15) is 14.9 Å². The Balaban J connectivity index is 2.07. The first kappa shape index (κ1) is 14.0. The number of amides is 1. The third kappa shape index (κ3) is 2.37. The van der Waals surface area contributed by atoms with Gasteiger partial charge < -0.3 is 14.9 Å². The monoisotopic (exact) mass is 299 g/mol. The molecule has 1 atom stereocenters. The number of hydrogen-bond donors (Lipinski definition) is 0. The SMILES string of the molecule is CC(c1ccccc1)N1C(=O)COc2ccc([N+](=O)[O-])nc21. The van der Waals surface area contributed by atoms with Crippen molar-refractivity contribution in [3.63, 3.8) is 0 Å². The average Bonchev–Trinajstić information content (AvgIpc) is 2.54. The summed E-state index contributed by atoms with van der Waals surface area (Å²) in [5.74, 6) is -0.0473. The Morgan fingerprint density at radius 3 is 2.68 bits per heavy atom. The predicted octanol–water partition coefficient (Wildman–Crippen LogP) is 2.48. The number of anilines is 1. The van der Waals surface area contributed by atoms with Crippen molar-refractivity contribution in [3.05, 3.63) is 58.1 Å². The predicted molar refractivity (Wildman–Crippen MR) is 78.7 cm³/mol. The third-order valence-electron chi connectivity index (χ3n) is 3.53. The van der Waals surface area contributed by atoms with Crippen LogP contribution in [-0.4, -0.2) is 22.4 Å². The lowest BCUT2D eigenvalue weighted by Crippen LogP contribution is -2.41. The highest BCUT2D eigenvalue weighted by Crippen LogP contribution is 2.37. The minimum Gasteiger partial charge on any atom is -0.477 e. The molecule has 7 nitrogen and oxygen atoms in total. The average molecular weight is 299 g/mol. The van der Waals surface area contributed by atoms with Crippen LogP contribution < -0.4 is 9.64 Å². The van der Waals surface area contributed by atoms with Gasteiger partial charge in [-0.2, -0.15) is 0 Å². The zero-order chi connectivity index (χ0) is 15.7. The first-order valence-corrected chi connectivity index (χ1v) is 6.73. The van der Waals surface area contributed by atoms with Crippen LogP contribution in [0.15, 0.2) is 42.5 Å². The Hall–Kier alpha value is -2.96. The number of carbonyl (C=O) groups is 1. The molecule has 0 radical (unpaired) electrons. The first-order chi connectivity index (χ1) is 10.6. The molecule has 1 amide bonds. The molecule has 0 saturated carbocycles. The molecular weight excluding hydrogens is 286 g/mol. The summed E-state index contributed by atoms with van der Waals surface area (Å²) in [7, 11) is 0. The lowest BCUT2D eigenvalue weighted by Gasteiger charge is -2.30. The maximum atomic E-state index is 12.2. The van der Waals surface area contributed by atoms with Crippen LogP contribution in [0.4, 0.5) is 11.6 Å². The minimum atomic E-state index is -0.593. The summed E-state index contributed by atoms with van der Waals surface area (Å²) in [5, 5.41) is 10.9. The molecule has 22 heavy (non-hydrogen) atoms. The van der Waals surface area contributed by atoms with Crippen molar-refractivity contribution in [2.24, 2.45) is 0 Å². The molecule has 112 valence electrons. The largest absolute Gasteiger partial charge is 0.477 e. The van der Waals surface area contributed by atoms with E-state index in [4.69, 9.17) is 4.74 Å². The van der Waals surface area contributed by atoms with Crippen molar-refractivity contribution in [1.82, 2.24) is 4.98 Å². The summed E-state index contributed by atoms with van der Waals surface area (Å²) < 4.78 is 5.31. The lowest BCUT2D eigenvalue weighted by atomic mass is 10.1. The molecular formula is C15H13N3O4. The zero-order valence-electron chi connectivity index (χ0n) is 11.8. The molecule has 1 aromatic carbocycles. The van der Waals surface area contributed by atoms with Crippen molar-refractivity contribution in [1.29, 1.82) is 0 Å². The number of ether oxygens (including phenoxy) is 1. The molecule has 2 heterocycles. The fourth-order valence-corrected chi connectivity index (χ4v) is 2.42. The summed E-state index contributed by atoms with van der Waals surface area (Å²) in [6.45, 7) is 1.74. The Bertz CT molecular complexity index is 733. The molecule has 1 aliphatic heterocycles. The van der Waals surface area contributed by atoms with Gasteiger partial charge in [0.2, 0.25) is 0 Å². The number of benzene rings is 1. The van der Waals surface area contributed by atoms with Crippen LogP contribution in [0.5, 0.6) is 5.75 Å². The van der Waals surface area contributed by atoms with Crippen LogP contribution >= 0.6 is 0 Å². The molecule has 0 spiro atoms.